The van der Waals surface area contributed by atoms with Crippen LogP contribution in [0.3, 0.4) is 0 Å². The molecule has 1 aromatic heterocycles. The molecular weight excluding hydrogens is 304 g/mol. The number of rotatable bonds is 2. The topological polar surface area (TPSA) is 25.4 Å². The number of halogens is 1. The lowest BCUT2D eigenvalue weighted by Crippen LogP contribution is -2.61. The van der Waals surface area contributed by atoms with Gasteiger partial charge in [0.05, 0.1) is 10.2 Å². The maximum absolute atomic E-state index is 6.35. The van der Waals surface area contributed by atoms with E-state index < -0.39 is 0 Å². The van der Waals surface area contributed by atoms with Gasteiger partial charge in [0.1, 0.15) is 6.10 Å². The predicted octanol–water partition coefficient (Wildman–Crippen LogP) is 3.67. The van der Waals surface area contributed by atoms with Gasteiger partial charge in [-0.1, -0.05) is 22.9 Å². The first kappa shape index (κ1) is 12.7. The van der Waals surface area contributed by atoms with E-state index >= 15 is 0 Å². The van der Waals surface area contributed by atoms with E-state index in [0.717, 1.165) is 26.4 Å². The molecule has 4 heterocycles. The van der Waals surface area contributed by atoms with Gasteiger partial charge >= 0.3 is 0 Å². The van der Waals surface area contributed by atoms with Crippen LogP contribution in [-0.2, 0) is 0 Å². The largest absolute Gasteiger partial charge is 0.466 e. The molecule has 0 radical (unpaired) electrons. The zero-order valence-electron chi connectivity index (χ0n) is 11.7. The second-order valence-electron chi connectivity index (χ2n) is 6.75. The van der Waals surface area contributed by atoms with Gasteiger partial charge in [-0.3, -0.25) is 0 Å². The van der Waals surface area contributed by atoms with Crippen molar-refractivity contribution >= 4 is 33.2 Å². The summed E-state index contributed by atoms with van der Waals surface area (Å²) in [4.78, 5) is 7.26. The molecule has 1 aromatic carbocycles. The monoisotopic (exact) mass is 320 g/mol. The van der Waals surface area contributed by atoms with Gasteiger partial charge in [-0.25, -0.2) is 4.98 Å². The molecule has 0 N–H and O–H groups in total. The second kappa shape index (κ2) is 4.58. The lowest BCUT2D eigenvalue weighted by atomic mass is 9.66. The van der Waals surface area contributed by atoms with Gasteiger partial charge in [0.15, 0.2) is 0 Å². The Labute approximate surface area is 132 Å². The molecule has 1 saturated carbocycles. The number of benzene rings is 1. The van der Waals surface area contributed by atoms with Crippen LogP contribution in [0.15, 0.2) is 18.2 Å². The van der Waals surface area contributed by atoms with Gasteiger partial charge in [0, 0.05) is 36.5 Å². The number of hydrogen-bond acceptors (Lipinski definition) is 4. The van der Waals surface area contributed by atoms with Crippen molar-refractivity contribution in [1.82, 2.24) is 9.88 Å². The van der Waals surface area contributed by atoms with Crippen LogP contribution in [0.5, 0.6) is 5.19 Å². The Bertz CT molecular complexity index is 673. The molecule has 2 aromatic rings. The zero-order chi connectivity index (χ0) is 14.0. The first-order valence-electron chi connectivity index (χ1n) is 7.70. The minimum Gasteiger partial charge on any atom is -0.466 e. The number of aromatic nitrogens is 1. The van der Waals surface area contributed by atoms with E-state index in [1.54, 1.807) is 11.3 Å². The summed E-state index contributed by atoms with van der Waals surface area (Å²) in [6, 6.07) is 5.84. The SMILES string of the molecule is Clc1ccc2nc(OC3C4CC5CC3CN(C5)C4)sc2c1. The third kappa shape index (κ3) is 2.07. The van der Waals surface area contributed by atoms with E-state index in [-0.39, 0.29) is 0 Å². The zero-order valence-corrected chi connectivity index (χ0v) is 13.2. The van der Waals surface area contributed by atoms with Crippen molar-refractivity contribution in [3.63, 3.8) is 0 Å². The van der Waals surface area contributed by atoms with Crippen LogP contribution in [0, 0.1) is 17.8 Å². The summed E-state index contributed by atoms with van der Waals surface area (Å²) in [6.45, 7) is 3.75. The van der Waals surface area contributed by atoms with E-state index in [1.165, 1.54) is 32.5 Å². The fourth-order valence-corrected chi connectivity index (χ4v) is 5.73. The smallest absolute Gasteiger partial charge is 0.274 e. The molecule has 3 aliphatic heterocycles. The summed E-state index contributed by atoms with van der Waals surface area (Å²) in [5.41, 5.74) is 0.993. The van der Waals surface area contributed by atoms with Crippen molar-refractivity contribution in [3.05, 3.63) is 23.2 Å². The van der Waals surface area contributed by atoms with Crippen molar-refractivity contribution in [3.8, 4) is 5.19 Å². The normalized spacial score (nSPS) is 37.3. The second-order valence-corrected chi connectivity index (χ2v) is 8.18. The molecule has 4 aliphatic rings. The molecule has 0 amide bonds. The van der Waals surface area contributed by atoms with Crippen LogP contribution >= 0.6 is 22.9 Å². The molecule has 3 saturated heterocycles. The van der Waals surface area contributed by atoms with Crippen LogP contribution in [0.2, 0.25) is 5.02 Å². The van der Waals surface area contributed by atoms with Gasteiger partial charge < -0.3 is 9.64 Å². The lowest BCUT2D eigenvalue weighted by Gasteiger charge is -2.55. The number of nitrogens with zero attached hydrogens (tertiary/aromatic N) is 2. The molecule has 0 spiro atoms. The summed E-state index contributed by atoms with van der Waals surface area (Å²) < 4.78 is 7.47. The fourth-order valence-electron chi connectivity index (χ4n) is 4.60. The van der Waals surface area contributed by atoms with Crippen LogP contribution < -0.4 is 4.74 Å². The first-order valence-corrected chi connectivity index (χ1v) is 8.89. The van der Waals surface area contributed by atoms with Gasteiger partial charge in [-0.2, -0.15) is 0 Å². The maximum atomic E-state index is 6.35. The number of thiazole rings is 1. The molecule has 2 unspecified atom stereocenters. The summed E-state index contributed by atoms with van der Waals surface area (Å²) in [7, 11) is 0. The Kier molecular flexibility index (Phi) is 2.76. The van der Waals surface area contributed by atoms with Gasteiger partial charge in [0.25, 0.3) is 5.19 Å². The summed E-state index contributed by atoms with van der Waals surface area (Å²) in [5, 5.41) is 1.58. The molecular formula is C16H17ClN2OS. The Balaban J connectivity index is 1.43. The standard InChI is InChI=1S/C16H17ClN2OS/c17-12-1-2-13-14(5-12)21-16(18-13)20-15-10-3-9-4-11(15)8-19(6-9)7-10/h1-2,5,9-11,15H,3-4,6-8H2. The average molecular weight is 321 g/mol. The highest BCUT2D eigenvalue weighted by atomic mass is 35.5. The number of piperidine rings is 3. The van der Waals surface area contributed by atoms with Gasteiger partial charge in [-0.05, 0) is 37.0 Å². The number of fused-ring (bicyclic) bond motifs is 1. The molecule has 110 valence electrons. The average Bonchev–Trinajstić information content (AvgIpc) is 2.83. The van der Waals surface area contributed by atoms with E-state index in [9.17, 15) is 0 Å². The van der Waals surface area contributed by atoms with Crippen LogP contribution in [0.4, 0.5) is 0 Å². The fraction of sp³-hybridized carbons (Fsp3) is 0.562. The van der Waals surface area contributed by atoms with Crippen LogP contribution in [0.25, 0.3) is 10.2 Å². The Hall–Kier alpha value is -0.840. The Morgan fingerprint density at radius 3 is 2.76 bits per heavy atom. The molecule has 5 heteroatoms. The summed E-state index contributed by atoms with van der Waals surface area (Å²) in [5.74, 6) is 2.32. The highest BCUT2D eigenvalue weighted by molar-refractivity contribution is 7.20. The molecule has 21 heavy (non-hydrogen) atoms. The quantitative estimate of drug-likeness (QED) is 0.844. The molecule has 3 nitrogen and oxygen atoms in total. The van der Waals surface area contributed by atoms with E-state index in [4.69, 9.17) is 16.3 Å². The molecule has 4 bridgehead atoms. The summed E-state index contributed by atoms with van der Waals surface area (Å²) >= 11 is 7.68. The molecule has 2 atom stereocenters. The van der Waals surface area contributed by atoms with Gasteiger partial charge in [0.2, 0.25) is 0 Å². The van der Waals surface area contributed by atoms with Gasteiger partial charge in [-0.15, -0.1) is 0 Å². The maximum Gasteiger partial charge on any atom is 0.274 e. The van der Waals surface area contributed by atoms with Crippen molar-refractivity contribution < 1.29 is 4.74 Å². The van der Waals surface area contributed by atoms with E-state index in [2.05, 4.69) is 9.88 Å². The van der Waals surface area contributed by atoms with E-state index in [0.29, 0.717) is 17.9 Å². The van der Waals surface area contributed by atoms with Crippen LogP contribution in [0.1, 0.15) is 12.8 Å². The van der Waals surface area contributed by atoms with Crippen molar-refractivity contribution in [2.45, 2.75) is 18.9 Å². The third-order valence-corrected chi connectivity index (χ3v) is 6.42. The summed E-state index contributed by atoms with van der Waals surface area (Å²) in [6.07, 6.45) is 3.05. The highest BCUT2D eigenvalue weighted by Gasteiger charge is 2.48. The van der Waals surface area contributed by atoms with Crippen molar-refractivity contribution in [2.24, 2.45) is 17.8 Å². The van der Waals surface area contributed by atoms with E-state index in [1.807, 2.05) is 18.2 Å². The minimum atomic E-state index is 0.369. The van der Waals surface area contributed by atoms with Crippen molar-refractivity contribution in [2.75, 3.05) is 19.6 Å². The highest BCUT2D eigenvalue weighted by Crippen LogP contribution is 2.45. The molecule has 4 fully saturated rings. The van der Waals surface area contributed by atoms with Crippen LogP contribution in [-0.4, -0.2) is 35.6 Å². The van der Waals surface area contributed by atoms with Crippen molar-refractivity contribution in [1.29, 1.82) is 0 Å². The predicted molar refractivity (Wildman–Crippen MR) is 85.2 cm³/mol. The lowest BCUT2D eigenvalue weighted by molar-refractivity contribution is -0.0984. The number of hydrogen-bond donors (Lipinski definition) is 0. The number of ether oxygens (including phenoxy) is 1. The molecule has 1 aliphatic carbocycles. The Morgan fingerprint density at radius 2 is 2.00 bits per heavy atom. The minimum absolute atomic E-state index is 0.369. The first-order chi connectivity index (χ1) is 10.2. The Morgan fingerprint density at radius 1 is 1.19 bits per heavy atom. The third-order valence-electron chi connectivity index (χ3n) is 5.27. The molecule has 6 rings (SSSR count).